The lowest BCUT2D eigenvalue weighted by atomic mass is 10.1. The predicted molar refractivity (Wildman–Crippen MR) is 142 cm³/mol. The molecule has 0 aliphatic heterocycles. The molecule has 1 aromatic heterocycles. The Bertz CT molecular complexity index is 1710. The molecule has 0 atom stereocenters. The molecule has 0 spiro atoms. The van der Waals surface area contributed by atoms with E-state index in [0.29, 0.717) is 18.7 Å². The molecule has 180 valence electrons. The van der Waals surface area contributed by atoms with Gasteiger partial charge >= 0.3 is 5.97 Å². The van der Waals surface area contributed by atoms with Crippen LogP contribution in [0.25, 0.3) is 32.6 Å². The van der Waals surface area contributed by atoms with Gasteiger partial charge in [0.05, 0.1) is 5.56 Å². The summed E-state index contributed by atoms with van der Waals surface area (Å²) in [4.78, 5) is 11.7. The number of carbonyl (C=O) groups is 1. The van der Waals surface area contributed by atoms with Crippen molar-refractivity contribution in [2.75, 3.05) is 0 Å². The molecule has 6 rings (SSSR count). The van der Waals surface area contributed by atoms with Gasteiger partial charge < -0.3 is 22.1 Å². The zero-order chi connectivity index (χ0) is 23.1. The highest BCUT2D eigenvalue weighted by atomic mass is 79.9. The molecule has 0 radical (unpaired) electrons. The average Bonchev–Trinajstić information content (AvgIpc) is 3.20. The zero-order valence-corrected chi connectivity index (χ0v) is 21.7. The first-order valence-corrected chi connectivity index (χ1v) is 11.3. The summed E-state index contributed by atoms with van der Waals surface area (Å²) in [6.45, 7) is 1.37. The van der Waals surface area contributed by atoms with Crippen LogP contribution in [-0.2, 0) is 13.1 Å². The highest BCUT2D eigenvalue weighted by molar-refractivity contribution is 5.92. The molecular formula is C30H24BrClN2O2. The van der Waals surface area contributed by atoms with Gasteiger partial charge in [0.15, 0.2) is 11.0 Å². The van der Waals surface area contributed by atoms with Crippen molar-refractivity contribution in [3.8, 4) is 0 Å². The number of aromatic carboxylic acids is 1. The first kappa shape index (κ1) is 25.4. The number of fused-ring (bicyclic) bond motifs is 3. The molecule has 5 aromatic carbocycles. The summed E-state index contributed by atoms with van der Waals surface area (Å²) in [7, 11) is 0. The summed E-state index contributed by atoms with van der Waals surface area (Å²) in [5, 5.41) is 14.4. The Kier molecular flexibility index (Phi) is 7.43. The monoisotopic (exact) mass is 558 g/mol. The number of aromatic nitrogens is 2. The number of carboxylic acids is 1. The third kappa shape index (κ3) is 4.85. The summed E-state index contributed by atoms with van der Waals surface area (Å²) < 4.78 is 4.35. The van der Waals surface area contributed by atoms with E-state index in [9.17, 15) is 9.90 Å². The molecule has 0 aliphatic rings. The number of carboxylic acid groups (broad SMARTS) is 1. The summed E-state index contributed by atoms with van der Waals surface area (Å²) in [5.74, 6) is -0.915. The van der Waals surface area contributed by atoms with Crippen molar-refractivity contribution in [2.24, 2.45) is 0 Å². The molecule has 36 heavy (non-hydrogen) atoms. The third-order valence-electron chi connectivity index (χ3n) is 6.45. The van der Waals surface area contributed by atoms with Crippen molar-refractivity contribution in [1.29, 1.82) is 0 Å². The van der Waals surface area contributed by atoms with Crippen LogP contribution in [0.5, 0.6) is 0 Å². The molecule has 4 nitrogen and oxygen atoms in total. The fourth-order valence-corrected chi connectivity index (χ4v) is 4.74. The maximum atomic E-state index is 11.7. The van der Waals surface area contributed by atoms with Gasteiger partial charge in [0.1, 0.15) is 13.1 Å². The van der Waals surface area contributed by atoms with E-state index in [4.69, 9.17) is 0 Å². The van der Waals surface area contributed by atoms with Crippen LogP contribution in [0.2, 0.25) is 0 Å². The van der Waals surface area contributed by atoms with Gasteiger partial charge in [-0.3, -0.25) is 0 Å². The standard InChI is InChI=1S/C30H22N2O2.BrH.ClH/c33-30(34)27-13-14-28-29(17-27)32(19-22-10-12-24-6-2-4-8-26(24)16-22)20-31(28)18-21-9-11-23-5-1-3-7-25(23)15-21;;/h1-17,20H,18-19H2;2*1H. The second kappa shape index (κ2) is 10.5. The molecule has 6 heteroatoms. The lowest BCUT2D eigenvalue weighted by Gasteiger charge is -2.03. The van der Waals surface area contributed by atoms with Crippen molar-refractivity contribution in [2.45, 2.75) is 13.1 Å². The van der Waals surface area contributed by atoms with Gasteiger partial charge in [-0.05, 0) is 56.9 Å². The number of hydrogen-bond donors (Lipinski definition) is 1. The summed E-state index contributed by atoms with van der Waals surface area (Å²) in [6, 6.07) is 35.1. The molecule has 0 amide bonds. The van der Waals surface area contributed by atoms with E-state index in [-0.39, 0.29) is 29.4 Å². The number of benzene rings is 5. The molecule has 6 aromatic rings. The first-order chi connectivity index (χ1) is 16.6. The summed E-state index contributed by atoms with van der Waals surface area (Å²) in [5.41, 5.74) is 4.60. The minimum atomic E-state index is -0.915. The fraction of sp³-hybridized carbons (Fsp3) is 0.0667. The zero-order valence-electron chi connectivity index (χ0n) is 19.3. The third-order valence-corrected chi connectivity index (χ3v) is 6.45. The van der Waals surface area contributed by atoms with Crippen LogP contribution in [0.1, 0.15) is 21.5 Å². The van der Waals surface area contributed by atoms with Crippen LogP contribution in [0.4, 0.5) is 0 Å². The van der Waals surface area contributed by atoms with E-state index >= 15 is 0 Å². The van der Waals surface area contributed by atoms with Crippen LogP contribution >= 0.6 is 12.4 Å². The Morgan fingerprint density at radius 1 is 0.722 bits per heavy atom. The topological polar surface area (TPSA) is 46.1 Å². The number of halogens is 2. The van der Waals surface area contributed by atoms with E-state index < -0.39 is 5.97 Å². The van der Waals surface area contributed by atoms with Gasteiger partial charge in [0.2, 0.25) is 6.33 Å². The lowest BCUT2D eigenvalue weighted by Crippen LogP contribution is -3.00. The molecule has 0 fully saturated rings. The number of hydrogen-bond acceptors (Lipinski definition) is 1. The molecule has 0 unspecified atom stereocenters. The Labute approximate surface area is 225 Å². The van der Waals surface area contributed by atoms with Gasteiger partial charge in [-0.15, -0.1) is 12.4 Å². The van der Waals surface area contributed by atoms with Gasteiger partial charge in [-0.2, -0.15) is 0 Å². The van der Waals surface area contributed by atoms with Crippen molar-refractivity contribution in [3.05, 3.63) is 126 Å². The van der Waals surface area contributed by atoms with Gasteiger partial charge in [0.25, 0.3) is 0 Å². The van der Waals surface area contributed by atoms with Crippen LogP contribution in [0, 0.1) is 0 Å². The van der Waals surface area contributed by atoms with E-state index in [1.807, 2.05) is 18.2 Å². The van der Waals surface area contributed by atoms with Gasteiger partial charge in [-0.1, -0.05) is 72.8 Å². The van der Waals surface area contributed by atoms with E-state index in [1.54, 1.807) is 12.1 Å². The maximum Gasteiger partial charge on any atom is 0.335 e. The van der Waals surface area contributed by atoms with Crippen molar-refractivity contribution in [3.63, 3.8) is 0 Å². The quantitative estimate of drug-likeness (QED) is 0.329. The molecular weight excluding hydrogens is 536 g/mol. The molecule has 1 N–H and O–H groups in total. The minimum absolute atomic E-state index is 0. The van der Waals surface area contributed by atoms with Crippen LogP contribution in [-0.4, -0.2) is 15.6 Å². The maximum absolute atomic E-state index is 11.7. The lowest BCUT2D eigenvalue weighted by molar-refractivity contribution is -0.663. The smallest absolute Gasteiger partial charge is 0.335 e. The highest BCUT2D eigenvalue weighted by Gasteiger charge is 2.19. The number of rotatable bonds is 5. The second-order valence-electron chi connectivity index (χ2n) is 8.74. The molecule has 0 aliphatic carbocycles. The second-order valence-corrected chi connectivity index (χ2v) is 8.74. The largest absolute Gasteiger partial charge is 1.00 e. The van der Waals surface area contributed by atoms with Gasteiger partial charge in [-0.25, -0.2) is 13.9 Å². The summed E-state index contributed by atoms with van der Waals surface area (Å²) in [6.07, 6.45) is 2.10. The Balaban J connectivity index is 0.00000152. The van der Waals surface area contributed by atoms with Crippen molar-refractivity contribution in [1.82, 2.24) is 4.57 Å². The normalized spacial score (nSPS) is 10.8. The van der Waals surface area contributed by atoms with Crippen molar-refractivity contribution >= 4 is 51.0 Å². The Morgan fingerprint density at radius 2 is 1.31 bits per heavy atom. The summed E-state index contributed by atoms with van der Waals surface area (Å²) >= 11 is 0. The number of imidazole rings is 1. The van der Waals surface area contributed by atoms with Gasteiger partial charge in [0, 0.05) is 6.07 Å². The molecule has 0 bridgehead atoms. The average molecular weight is 560 g/mol. The fourth-order valence-electron chi connectivity index (χ4n) is 4.74. The highest BCUT2D eigenvalue weighted by Crippen LogP contribution is 2.21. The van der Waals surface area contributed by atoms with E-state index in [0.717, 1.165) is 11.0 Å². The van der Waals surface area contributed by atoms with E-state index in [2.05, 4.69) is 88.3 Å². The van der Waals surface area contributed by atoms with E-state index in [1.165, 1.54) is 32.7 Å². The Morgan fingerprint density at radius 3 is 1.94 bits per heavy atom. The Hall–Kier alpha value is -3.67. The van der Waals surface area contributed by atoms with Crippen LogP contribution in [0.15, 0.2) is 109 Å². The molecule has 1 heterocycles. The van der Waals surface area contributed by atoms with Crippen LogP contribution in [0.3, 0.4) is 0 Å². The SMILES string of the molecule is Cl.O=C(O)c1ccc2c(c1)n(Cc1ccc3ccccc3c1)c[n+]2Cc1ccc2ccccc2c1.[Br-]. The molecule has 0 saturated heterocycles. The first-order valence-electron chi connectivity index (χ1n) is 11.3. The minimum Gasteiger partial charge on any atom is -1.00 e. The van der Waals surface area contributed by atoms with Crippen molar-refractivity contribution < 1.29 is 31.4 Å². The number of nitrogens with zero attached hydrogens (tertiary/aromatic N) is 2. The predicted octanol–water partition coefficient (Wildman–Crippen LogP) is 3.46. The molecule has 0 saturated carbocycles. The van der Waals surface area contributed by atoms with Crippen LogP contribution < -0.4 is 21.5 Å².